The molecule has 1 aliphatic heterocycles. The smallest absolute Gasteiger partial charge is 0.156 e. The first-order valence-electron chi connectivity index (χ1n) is 2.95. The monoisotopic (exact) mass is 162 g/mol. The molecule has 1 heterocycles. The molecule has 0 radical (unpaired) electrons. The number of aliphatic imine (C=N–C) groups is 1. The summed E-state index contributed by atoms with van der Waals surface area (Å²) in [5, 5.41) is 4.25. The van der Waals surface area contributed by atoms with Crippen LogP contribution in [0, 0.1) is 0 Å². The number of thioether (sulfide) groups is 1. The van der Waals surface area contributed by atoms with Crippen LogP contribution in [0.15, 0.2) is 4.99 Å². The van der Waals surface area contributed by atoms with Crippen molar-refractivity contribution in [3.05, 3.63) is 0 Å². The van der Waals surface area contributed by atoms with Crippen molar-refractivity contribution in [2.24, 2.45) is 4.99 Å². The molecule has 0 amide bonds. The Bertz CT molecular complexity index is 114. The SMILES string of the molecule is SCCNC1=NCCS1. The molecule has 1 aliphatic rings. The Hall–Kier alpha value is 0.170. The first-order valence-corrected chi connectivity index (χ1v) is 4.57. The molecule has 1 N–H and O–H groups in total. The third-order valence-electron chi connectivity index (χ3n) is 0.974. The molecule has 0 saturated heterocycles. The lowest BCUT2D eigenvalue weighted by atomic mass is 10.7. The highest BCUT2D eigenvalue weighted by atomic mass is 32.2. The van der Waals surface area contributed by atoms with Gasteiger partial charge >= 0.3 is 0 Å². The number of nitrogens with zero attached hydrogens (tertiary/aromatic N) is 1. The van der Waals surface area contributed by atoms with Crippen molar-refractivity contribution in [3.8, 4) is 0 Å². The van der Waals surface area contributed by atoms with Crippen molar-refractivity contribution in [1.29, 1.82) is 0 Å². The fourth-order valence-corrected chi connectivity index (χ4v) is 1.48. The van der Waals surface area contributed by atoms with Crippen LogP contribution in [0.2, 0.25) is 0 Å². The molecule has 0 fully saturated rings. The lowest BCUT2D eigenvalue weighted by Gasteiger charge is -1.99. The van der Waals surface area contributed by atoms with Crippen LogP contribution in [0.3, 0.4) is 0 Å². The number of amidine groups is 1. The van der Waals surface area contributed by atoms with E-state index in [1.807, 2.05) is 0 Å². The summed E-state index contributed by atoms with van der Waals surface area (Å²) < 4.78 is 0. The van der Waals surface area contributed by atoms with Gasteiger partial charge in [-0.25, -0.2) is 0 Å². The Morgan fingerprint density at radius 2 is 2.67 bits per heavy atom. The molecule has 0 bridgehead atoms. The molecule has 4 heteroatoms. The van der Waals surface area contributed by atoms with Crippen molar-refractivity contribution in [2.45, 2.75) is 0 Å². The Morgan fingerprint density at radius 3 is 3.22 bits per heavy atom. The summed E-state index contributed by atoms with van der Waals surface area (Å²) in [5.41, 5.74) is 0. The maximum absolute atomic E-state index is 4.21. The third-order valence-corrected chi connectivity index (χ3v) is 2.13. The van der Waals surface area contributed by atoms with E-state index in [1.54, 1.807) is 11.8 Å². The van der Waals surface area contributed by atoms with Crippen molar-refractivity contribution in [2.75, 3.05) is 24.6 Å². The number of rotatable bonds is 2. The van der Waals surface area contributed by atoms with Gasteiger partial charge < -0.3 is 5.32 Å². The van der Waals surface area contributed by atoms with Crippen LogP contribution < -0.4 is 5.32 Å². The first-order chi connectivity index (χ1) is 4.43. The van der Waals surface area contributed by atoms with Gasteiger partial charge in [0.1, 0.15) is 0 Å². The number of hydrogen-bond acceptors (Lipinski definition) is 4. The zero-order chi connectivity index (χ0) is 6.53. The van der Waals surface area contributed by atoms with Crippen molar-refractivity contribution < 1.29 is 0 Å². The maximum Gasteiger partial charge on any atom is 0.156 e. The van der Waals surface area contributed by atoms with Gasteiger partial charge in [0.05, 0.1) is 6.54 Å². The predicted octanol–water partition coefficient (Wildman–Crippen LogP) is 0.609. The van der Waals surface area contributed by atoms with Gasteiger partial charge in [-0.2, -0.15) is 12.6 Å². The van der Waals surface area contributed by atoms with Crippen LogP contribution in [-0.4, -0.2) is 29.8 Å². The van der Waals surface area contributed by atoms with Gasteiger partial charge in [0.2, 0.25) is 0 Å². The summed E-state index contributed by atoms with van der Waals surface area (Å²) in [6.45, 7) is 1.90. The van der Waals surface area contributed by atoms with Gasteiger partial charge in [0.15, 0.2) is 5.17 Å². The average molecular weight is 162 g/mol. The van der Waals surface area contributed by atoms with Crippen LogP contribution in [0.1, 0.15) is 0 Å². The molecule has 0 aromatic heterocycles. The molecule has 1 rings (SSSR count). The number of thiol groups is 1. The highest BCUT2D eigenvalue weighted by molar-refractivity contribution is 8.14. The highest BCUT2D eigenvalue weighted by Crippen LogP contribution is 2.08. The van der Waals surface area contributed by atoms with Crippen LogP contribution in [-0.2, 0) is 0 Å². The van der Waals surface area contributed by atoms with Crippen LogP contribution >= 0.6 is 24.4 Å². The molecule has 0 aliphatic carbocycles. The van der Waals surface area contributed by atoms with E-state index in [4.69, 9.17) is 0 Å². The quantitative estimate of drug-likeness (QED) is 0.581. The van der Waals surface area contributed by atoms with E-state index in [9.17, 15) is 0 Å². The van der Waals surface area contributed by atoms with E-state index in [0.717, 1.165) is 29.8 Å². The largest absolute Gasteiger partial charge is 0.364 e. The second-order valence-corrected chi connectivity index (χ2v) is 3.22. The van der Waals surface area contributed by atoms with Gasteiger partial charge in [0, 0.05) is 18.1 Å². The summed E-state index contributed by atoms with van der Waals surface area (Å²) in [4.78, 5) is 4.21. The van der Waals surface area contributed by atoms with E-state index in [-0.39, 0.29) is 0 Å². The molecular formula is C5H10N2S2. The summed E-state index contributed by atoms with van der Waals surface area (Å²) in [6.07, 6.45) is 0. The fraction of sp³-hybridized carbons (Fsp3) is 0.800. The minimum absolute atomic E-state index is 0.875. The molecule has 2 nitrogen and oxygen atoms in total. The van der Waals surface area contributed by atoms with Crippen LogP contribution in [0.4, 0.5) is 0 Å². The second-order valence-electron chi connectivity index (χ2n) is 1.69. The Kier molecular flexibility index (Phi) is 3.28. The van der Waals surface area contributed by atoms with E-state index < -0.39 is 0 Å². The maximum atomic E-state index is 4.21. The zero-order valence-electron chi connectivity index (χ0n) is 5.13. The number of nitrogens with one attached hydrogen (secondary N) is 1. The van der Waals surface area contributed by atoms with E-state index in [2.05, 4.69) is 22.9 Å². The molecule has 0 saturated carbocycles. The molecule has 0 atom stereocenters. The minimum atomic E-state index is 0.875. The molecule has 0 unspecified atom stereocenters. The summed E-state index contributed by atoms with van der Waals surface area (Å²) in [7, 11) is 0. The van der Waals surface area contributed by atoms with E-state index in [1.165, 1.54) is 0 Å². The first kappa shape index (κ1) is 7.28. The topological polar surface area (TPSA) is 24.4 Å². The van der Waals surface area contributed by atoms with Crippen LogP contribution in [0.5, 0.6) is 0 Å². The zero-order valence-corrected chi connectivity index (χ0v) is 6.84. The molecule has 52 valence electrons. The summed E-state index contributed by atoms with van der Waals surface area (Å²) >= 11 is 5.85. The van der Waals surface area contributed by atoms with E-state index >= 15 is 0 Å². The Morgan fingerprint density at radius 1 is 1.78 bits per heavy atom. The Labute approximate surface area is 64.9 Å². The minimum Gasteiger partial charge on any atom is -0.364 e. The molecule has 0 spiro atoms. The summed E-state index contributed by atoms with van der Waals surface area (Å²) in [6, 6.07) is 0. The van der Waals surface area contributed by atoms with Gasteiger partial charge in [0.25, 0.3) is 0 Å². The summed E-state index contributed by atoms with van der Waals surface area (Å²) in [5.74, 6) is 2.01. The van der Waals surface area contributed by atoms with E-state index in [0.29, 0.717) is 0 Å². The molecule has 9 heavy (non-hydrogen) atoms. The van der Waals surface area contributed by atoms with Gasteiger partial charge in [-0.3, -0.25) is 4.99 Å². The lowest BCUT2D eigenvalue weighted by Crippen LogP contribution is -2.20. The Balaban J connectivity index is 2.11. The predicted molar refractivity (Wildman–Crippen MR) is 46.6 cm³/mol. The van der Waals surface area contributed by atoms with Crippen molar-refractivity contribution >= 4 is 29.6 Å². The van der Waals surface area contributed by atoms with Crippen molar-refractivity contribution in [1.82, 2.24) is 5.32 Å². The third kappa shape index (κ3) is 2.49. The standard InChI is InChI=1S/C5H10N2S2/c8-3-1-6-5-7-2-4-9-5/h8H,1-4H2,(H,6,7). The van der Waals surface area contributed by atoms with Gasteiger partial charge in [-0.05, 0) is 0 Å². The average Bonchev–Trinajstić information content (AvgIpc) is 2.34. The van der Waals surface area contributed by atoms with Gasteiger partial charge in [-0.1, -0.05) is 11.8 Å². The molecule has 0 aromatic rings. The van der Waals surface area contributed by atoms with Crippen LogP contribution in [0.25, 0.3) is 0 Å². The molecule has 0 aromatic carbocycles. The fourth-order valence-electron chi connectivity index (χ4n) is 0.605. The number of hydrogen-bond donors (Lipinski definition) is 2. The highest BCUT2D eigenvalue weighted by Gasteiger charge is 2.03. The molecular weight excluding hydrogens is 152 g/mol. The van der Waals surface area contributed by atoms with Crippen molar-refractivity contribution in [3.63, 3.8) is 0 Å². The second kappa shape index (κ2) is 4.06. The van der Waals surface area contributed by atoms with Gasteiger partial charge in [-0.15, -0.1) is 0 Å². The lowest BCUT2D eigenvalue weighted by molar-refractivity contribution is 0.987. The normalized spacial score (nSPS) is 17.7.